The molecule has 0 fully saturated rings. The maximum atomic E-state index is 13.3. The molecule has 8 heteroatoms. The molecular formula is C21H21N3O3S2. The number of thiazole rings is 1. The second-order valence-electron chi connectivity index (χ2n) is 7.52. The van der Waals surface area contributed by atoms with E-state index < -0.39 is 15.4 Å². The van der Waals surface area contributed by atoms with Crippen LogP contribution >= 0.6 is 11.3 Å². The highest BCUT2D eigenvalue weighted by atomic mass is 32.2. The zero-order chi connectivity index (χ0) is 20.6. The van der Waals surface area contributed by atoms with E-state index >= 15 is 0 Å². The van der Waals surface area contributed by atoms with Crippen molar-refractivity contribution in [2.75, 3.05) is 16.3 Å². The SMILES string of the molecule is C[C@@]1(C(=O)Nc2nccs2)Cc2ccc(NS(C)(=O)=O)cc2[C@@H]1c1ccccc1. The summed E-state index contributed by atoms with van der Waals surface area (Å²) >= 11 is 1.38. The largest absolute Gasteiger partial charge is 0.301 e. The van der Waals surface area contributed by atoms with Gasteiger partial charge in [-0.05, 0) is 42.2 Å². The number of nitrogens with one attached hydrogen (secondary N) is 2. The molecule has 2 aromatic carbocycles. The number of hydrogen-bond acceptors (Lipinski definition) is 5. The fourth-order valence-corrected chi connectivity index (χ4v) is 5.15. The van der Waals surface area contributed by atoms with Gasteiger partial charge in [-0.2, -0.15) is 0 Å². The maximum absolute atomic E-state index is 13.3. The van der Waals surface area contributed by atoms with Gasteiger partial charge in [0, 0.05) is 23.2 Å². The number of nitrogens with zero attached hydrogens (tertiary/aromatic N) is 1. The van der Waals surface area contributed by atoms with E-state index in [0.29, 0.717) is 17.2 Å². The van der Waals surface area contributed by atoms with Crippen LogP contribution in [0.15, 0.2) is 60.1 Å². The molecule has 6 nitrogen and oxygen atoms in total. The molecule has 1 heterocycles. The molecule has 1 aliphatic rings. The first-order chi connectivity index (χ1) is 13.8. The van der Waals surface area contributed by atoms with Crippen LogP contribution in [0, 0.1) is 5.41 Å². The van der Waals surface area contributed by atoms with Gasteiger partial charge >= 0.3 is 0 Å². The lowest BCUT2D eigenvalue weighted by Gasteiger charge is -2.31. The van der Waals surface area contributed by atoms with Crippen molar-refractivity contribution in [3.05, 3.63) is 76.8 Å². The molecule has 0 radical (unpaired) electrons. The zero-order valence-corrected chi connectivity index (χ0v) is 17.7. The van der Waals surface area contributed by atoms with E-state index in [1.165, 1.54) is 11.3 Å². The molecule has 1 aromatic heterocycles. The van der Waals surface area contributed by atoms with Crippen LogP contribution in [0.2, 0.25) is 0 Å². The third-order valence-corrected chi connectivity index (χ3v) is 6.55. The van der Waals surface area contributed by atoms with Gasteiger partial charge in [0.25, 0.3) is 0 Å². The third kappa shape index (κ3) is 3.90. The minimum absolute atomic E-state index is 0.102. The first-order valence-corrected chi connectivity index (χ1v) is 11.9. The van der Waals surface area contributed by atoms with Crippen LogP contribution in [0.3, 0.4) is 0 Å². The summed E-state index contributed by atoms with van der Waals surface area (Å²) in [5.41, 5.74) is 2.77. The normalized spacial score (nSPS) is 20.8. The van der Waals surface area contributed by atoms with Crippen molar-refractivity contribution in [2.45, 2.75) is 19.3 Å². The molecule has 0 spiro atoms. The lowest BCUT2D eigenvalue weighted by atomic mass is 9.73. The van der Waals surface area contributed by atoms with E-state index in [1.54, 1.807) is 12.3 Å². The minimum atomic E-state index is -3.39. The molecule has 0 bridgehead atoms. The molecule has 0 saturated carbocycles. The second kappa shape index (κ2) is 7.27. The van der Waals surface area contributed by atoms with Crippen LogP contribution in [0.4, 0.5) is 10.8 Å². The zero-order valence-electron chi connectivity index (χ0n) is 16.0. The number of rotatable bonds is 5. The number of hydrogen-bond donors (Lipinski definition) is 2. The number of sulfonamides is 1. The number of amides is 1. The summed E-state index contributed by atoms with van der Waals surface area (Å²) in [6, 6.07) is 15.3. The minimum Gasteiger partial charge on any atom is -0.301 e. The van der Waals surface area contributed by atoms with Crippen molar-refractivity contribution in [1.29, 1.82) is 0 Å². The number of anilines is 2. The number of fused-ring (bicyclic) bond motifs is 1. The van der Waals surface area contributed by atoms with E-state index in [2.05, 4.69) is 15.0 Å². The Labute approximate surface area is 174 Å². The Hall–Kier alpha value is -2.71. The number of benzene rings is 2. The molecule has 2 atom stereocenters. The first kappa shape index (κ1) is 19.6. The van der Waals surface area contributed by atoms with Crippen molar-refractivity contribution in [1.82, 2.24) is 4.98 Å². The Balaban J connectivity index is 1.78. The van der Waals surface area contributed by atoms with Crippen LogP contribution in [-0.2, 0) is 21.2 Å². The average Bonchev–Trinajstić information content (AvgIpc) is 3.26. The van der Waals surface area contributed by atoms with Crippen LogP contribution < -0.4 is 10.0 Å². The summed E-state index contributed by atoms with van der Waals surface area (Å²) in [5, 5.41) is 5.34. The van der Waals surface area contributed by atoms with Gasteiger partial charge in [0.05, 0.1) is 11.7 Å². The van der Waals surface area contributed by atoms with Crippen molar-refractivity contribution in [3.8, 4) is 0 Å². The van der Waals surface area contributed by atoms with Gasteiger partial charge in [-0.3, -0.25) is 9.52 Å². The summed E-state index contributed by atoms with van der Waals surface area (Å²) in [4.78, 5) is 17.5. The summed E-state index contributed by atoms with van der Waals surface area (Å²) < 4.78 is 25.9. The molecule has 0 unspecified atom stereocenters. The molecule has 29 heavy (non-hydrogen) atoms. The van der Waals surface area contributed by atoms with E-state index in [9.17, 15) is 13.2 Å². The number of carbonyl (C=O) groups is 1. The Kier molecular flexibility index (Phi) is 4.92. The molecule has 3 aromatic rings. The van der Waals surface area contributed by atoms with Gasteiger partial charge in [0.1, 0.15) is 0 Å². The van der Waals surface area contributed by atoms with E-state index in [0.717, 1.165) is 22.9 Å². The van der Waals surface area contributed by atoms with Crippen LogP contribution in [0.25, 0.3) is 0 Å². The van der Waals surface area contributed by atoms with Gasteiger partial charge < -0.3 is 5.32 Å². The monoisotopic (exact) mass is 427 g/mol. The first-order valence-electron chi connectivity index (χ1n) is 9.13. The number of aromatic nitrogens is 1. The Morgan fingerprint density at radius 2 is 1.97 bits per heavy atom. The Morgan fingerprint density at radius 3 is 2.62 bits per heavy atom. The molecular weight excluding hydrogens is 406 g/mol. The summed E-state index contributed by atoms with van der Waals surface area (Å²) in [5.74, 6) is -0.310. The summed E-state index contributed by atoms with van der Waals surface area (Å²) in [6.07, 6.45) is 3.34. The quantitative estimate of drug-likeness (QED) is 0.647. The highest BCUT2D eigenvalue weighted by Crippen LogP contribution is 2.52. The summed E-state index contributed by atoms with van der Waals surface area (Å²) in [6.45, 7) is 1.96. The lowest BCUT2D eigenvalue weighted by Crippen LogP contribution is -2.37. The van der Waals surface area contributed by atoms with E-state index in [1.807, 2.05) is 54.8 Å². The van der Waals surface area contributed by atoms with Crippen molar-refractivity contribution in [2.24, 2.45) is 5.41 Å². The molecule has 150 valence electrons. The molecule has 0 saturated heterocycles. The molecule has 4 rings (SSSR count). The Bertz CT molecular complexity index is 1150. The van der Waals surface area contributed by atoms with Gasteiger partial charge in [0.15, 0.2) is 5.13 Å². The molecule has 1 amide bonds. The van der Waals surface area contributed by atoms with Gasteiger partial charge in [0.2, 0.25) is 15.9 Å². The van der Waals surface area contributed by atoms with E-state index in [-0.39, 0.29) is 11.8 Å². The topological polar surface area (TPSA) is 88.2 Å². The highest BCUT2D eigenvalue weighted by molar-refractivity contribution is 7.92. The standard InChI is InChI=1S/C21H21N3O3S2/c1-21(19(25)23-20-22-10-11-28-20)13-15-8-9-16(24-29(2,26)27)12-17(15)18(21)14-6-4-3-5-7-14/h3-12,18,24H,13H2,1-2H3,(H,22,23,25)/t18-,21+/m0/s1. The van der Waals surface area contributed by atoms with Gasteiger partial charge in [-0.1, -0.05) is 36.4 Å². The molecule has 2 N–H and O–H groups in total. The van der Waals surface area contributed by atoms with Gasteiger partial charge in [-0.25, -0.2) is 13.4 Å². The predicted molar refractivity (Wildman–Crippen MR) is 116 cm³/mol. The van der Waals surface area contributed by atoms with Crippen LogP contribution in [0.5, 0.6) is 0 Å². The number of carbonyl (C=O) groups excluding carboxylic acids is 1. The van der Waals surface area contributed by atoms with Crippen molar-refractivity contribution in [3.63, 3.8) is 0 Å². The lowest BCUT2D eigenvalue weighted by molar-refractivity contribution is -0.125. The smallest absolute Gasteiger partial charge is 0.233 e. The van der Waals surface area contributed by atoms with Crippen LogP contribution in [0.1, 0.15) is 29.5 Å². The fourth-order valence-electron chi connectivity index (χ4n) is 4.07. The van der Waals surface area contributed by atoms with Crippen molar-refractivity contribution >= 4 is 38.1 Å². The summed E-state index contributed by atoms with van der Waals surface area (Å²) in [7, 11) is -3.39. The highest BCUT2D eigenvalue weighted by Gasteiger charge is 2.49. The fraction of sp³-hybridized carbons (Fsp3) is 0.238. The molecule has 0 aliphatic heterocycles. The van der Waals surface area contributed by atoms with E-state index in [4.69, 9.17) is 0 Å². The van der Waals surface area contributed by atoms with Crippen molar-refractivity contribution < 1.29 is 13.2 Å². The maximum Gasteiger partial charge on any atom is 0.233 e. The predicted octanol–water partition coefficient (Wildman–Crippen LogP) is 3.85. The van der Waals surface area contributed by atoms with Crippen LogP contribution in [-0.4, -0.2) is 25.6 Å². The average molecular weight is 428 g/mol. The van der Waals surface area contributed by atoms with Gasteiger partial charge in [-0.15, -0.1) is 11.3 Å². The second-order valence-corrected chi connectivity index (χ2v) is 10.2. The Morgan fingerprint density at radius 1 is 1.21 bits per heavy atom. The third-order valence-electron chi connectivity index (χ3n) is 5.26. The molecule has 1 aliphatic carbocycles.